The van der Waals surface area contributed by atoms with Gasteiger partial charge in [-0.05, 0) is 92.8 Å². The number of nitrogens with one attached hydrogen (secondary N) is 2. The van der Waals surface area contributed by atoms with Crippen LogP contribution in [-0.2, 0) is 0 Å². The van der Waals surface area contributed by atoms with Crippen LogP contribution in [-0.4, -0.2) is 108 Å². The van der Waals surface area contributed by atoms with Gasteiger partial charge < -0.3 is 30.5 Å². The first kappa shape index (κ1) is 40.0. The topological polar surface area (TPSA) is 215 Å². The Kier molecular flexibility index (Phi) is 11.7. The number of hydrogen-bond acceptors (Lipinski definition) is 14. The Labute approximate surface area is 350 Å². The standard InChI is InChI=1S/C20H19N7O.C14H13ClN6O.C6H8BNO2/c1-13-10-14(4-7-21-13)17-2-3-18-19(25-17)27(16-6-9-26(18)12-16)20(28)24-15-5-8-22-23-11-15;15-12-2-1-11-13(19-12)21(10-4-6-20(11)8-10)14(22)18-9-3-5-16-17-7-9;1-5-4-6(7(9)10)2-3-8-5/h2-5,7-8,10-11,16H,6,9,12H2,1H3,(H,22,24,28);1-3,5,7,10H,4,6,8H2,(H,16,18,22);2-4,9-10H,1H3/t16-;10-;/m00./s1. The van der Waals surface area contributed by atoms with Gasteiger partial charge in [0.1, 0.15) is 5.15 Å². The number of hydrogen-bond donors (Lipinski definition) is 4. The van der Waals surface area contributed by atoms with E-state index in [9.17, 15) is 9.59 Å². The Bertz CT molecular complexity index is 2490. The highest BCUT2D eigenvalue weighted by atomic mass is 35.5. The van der Waals surface area contributed by atoms with Crippen molar-refractivity contribution in [2.24, 2.45) is 0 Å². The van der Waals surface area contributed by atoms with Gasteiger partial charge in [-0.15, -0.1) is 0 Å². The predicted octanol–water partition coefficient (Wildman–Crippen LogP) is 4.10. The van der Waals surface area contributed by atoms with E-state index in [1.165, 1.54) is 18.6 Å². The Morgan fingerprint density at radius 2 is 1.23 bits per heavy atom. The molecule has 2 atom stereocenters. The highest BCUT2D eigenvalue weighted by Gasteiger charge is 2.41. The van der Waals surface area contributed by atoms with Gasteiger partial charge in [0.15, 0.2) is 11.6 Å². The van der Waals surface area contributed by atoms with Crippen LogP contribution in [0.2, 0.25) is 5.15 Å². The van der Waals surface area contributed by atoms with E-state index in [0.717, 1.165) is 73.0 Å². The minimum Gasteiger partial charge on any atom is -0.423 e. The molecule has 0 unspecified atom stereocenters. The summed E-state index contributed by atoms with van der Waals surface area (Å²) in [5, 5.41) is 38.5. The van der Waals surface area contributed by atoms with E-state index in [-0.39, 0.29) is 24.1 Å². The summed E-state index contributed by atoms with van der Waals surface area (Å²) < 4.78 is 0. The van der Waals surface area contributed by atoms with Gasteiger partial charge in [0, 0.05) is 55.5 Å². The zero-order valence-electron chi connectivity index (χ0n) is 32.7. The summed E-state index contributed by atoms with van der Waals surface area (Å²) in [5.74, 6) is 1.31. The lowest BCUT2D eigenvalue weighted by atomic mass is 9.81. The number of carbonyl (C=O) groups is 2. The minimum absolute atomic E-state index is 0.101. The molecular weight excluding hydrogens is 787 g/mol. The largest absolute Gasteiger partial charge is 0.488 e. The summed E-state index contributed by atoms with van der Waals surface area (Å²) in [7, 11) is -1.39. The van der Waals surface area contributed by atoms with Crippen LogP contribution in [0.3, 0.4) is 0 Å². The van der Waals surface area contributed by atoms with Gasteiger partial charge in [0.25, 0.3) is 0 Å². The molecule has 6 aromatic heterocycles. The van der Waals surface area contributed by atoms with E-state index < -0.39 is 7.12 Å². The van der Waals surface area contributed by atoms with Gasteiger partial charge in [-0.2, -0.15) is 20.4 Å². The average Bonchev–Trinajstić information content (AvgIpc) is 3.87. The summed E-state index contributed by atoms with van der Waals surface area (Å²) in [6.07, 6.45) is 11.3. The lowest BCUT2D eigenvalue weighted by Gasteiger charge is -2.35. The molecule has 0 saturated carbocycles. The number of carbonyl (C=O) groups excluding carboxylic acids is 2. The summed E-state index contributed by atoms with van der Waals surface area (Å²) in [6.45, 7) is 7.24. The molecule has 4 amide bonds. The van der Waals surface area contributed by atoms with Crippen molar-refractivity contribution in [1.82, 2.24) is 40.3 Å². The van der Waals surface area contributed by atoms with Crippen molar-refractivity contribution in [1.29, 1.82) is 0 Å². The number of nitrogens with zero attached hydrogens (tertiary/aromatic N) is 12. The smallest absolute Gasteiger partial charge is 0.423 e. The fraction of sp³-hybridized carbons (Fsp3) is 0.250. The van der Waals surface area contributed by atoms with E-state index in [0.29, 0.717) is 33.6 Å². The molecule has 60 heavy (non-hydrogen) atoms. The van der Waals surface area contributed by atoms with Gasteiger partial charge in [-0.1, -0.05) is 11.6 Å². The van der Waals surface area contributed by atoms with E-state index >= 15 is 0 Å². The molecule has 4 bridgehead atoms. The third kappa shape index (κ3) is 8.77. The van der Waals surface area contributed by atoms with Crippen LogP contribution in [0, 0.1) is 13.8 Å². The zero-order valence-corrected chi connectivity index (χ0v) is 33.4. The van der Waals surface area contributed by atoms with Crippen molar-refractivity contribution >= 4 is 70.6 Å². The molecule has 4 aliphatic rings. The number of urea groups is 2. The van der Waals surface area contributed by atoms with Crippen molar-refractivity contribution < 1.29 is 19.6 Å². The van der Waals surface area contributed by atoms with Crippen molar-refractivity contribution in [2.75, 3.05) is 56.4 Å². The number of rotatable bonds is 4. The van der Waals surface area contributed by atoms with Crippen LogP contribution in [0.5, 0.6) is 0 Å². The molecule has 18 nitrogen and oxygen atoms in total. The fourth-order valence-electron chi connectivity index (χ4n) is 7.61. The number of amides is 4. The predicted molar refractivity (Wildman–Crippen MR) is 229 cm³/mol. The fourth-order valence-corrected chi connectivity index (χ4v) is 7.75. The number of aryl methyl sites for hydroxylation is 2. The lowest BCUT2D eigenvalue weighted by molar-refractivity contribution is 0.254. The van der Waals surface area contributed by atoms with Gasteiger partial charge in [0.2, 0.25) is 0 Å². The van der Waals surface area contributed by atoms with E-state index in [4.69, 9.17) is 26.6 Å². The number of halogens is 1. The summed E-state index contributed by atoms with van der Waals surface area (Å²) in [5.41, 5.74) is 7.16. The van der Waals surface area contributed by atoms with Gasteiger partial charge in [-0.3, -0.25) is 19.8 Å². The molecule has 4 aliphatic heterocycles. The Balaban J connectivity index is 0.000000138. The number of aromatic nitrogens is 8. The SMILES string of the molecule is Cc1cc(-c2ccc3c(n2)N(C(=O)Nc2ccnnc2)[C@H]2CCN3C2)ccn1.Cc1cc(B(O)O)ccn1.O=C(Nc1ccnnc1)N1c2nc(Cl)ccc2N2CC[C@H]1C2. The van der Waals surface area contributed by atoms with Crippen molar-refractivity contribution in [3.05, 3.63) is 114 Å². The maximum Gasteiger partial charge on any atom is 0.488 e. The van der Waals surface area contributed by atoms with Crippen LogP contribution >= 0.6 is 11.6 Å². The van der Waals surface area contributed by atoms with E-state index in [2.05, 4.69) is 61.8 Å². The second-order valence-corrected chi connectivity index (χ2v) is 14.8. The summed E-state index contributed by atoms with van der Waals surface area (Å²) in [4.78, 5) is 51.2. The molecule has 304 valence electrons. The number of fused-ring (bicyclic) bond motifs is 8. The normalized spacial score (nSPS) is 16.7. The van der Waals surface area contributed by atoms with Crippen molar-refractivity contribution in [2.45, 2.75) is 38.8 Å². The maximum atomic E-state index is 13.1. The average molecular weight is 827 g/mol. The van der Waals surface area contributed by atoms with Crippen LogP contribution in [0.25, 0.3) is 11.3 Å². The molecule has 2 saturated heterocycles. The first-order valence-electron chi connectivity index (χ1n) is 19.2. The third-order valence-electron chi connectivity index (χ3n) is 10.4. The van der Waals surface area contributed by atoms with Crippen molar-refractivity contribution in [3.63, 3.8) is 0 Å². The number of pyridine rings is 4. The van der Waals surface area contributed by atoms with Gasteiger partial charge >= 0.3 is 19.2 Å². The van der Waals surface area contributed by atoms with Crippen LogP contribution < -0.4 is 35.7 Å². The van der Waals surface area contributed by atoms with Crippen molar-refractivity contribution in [3.8, 4) is 11.3 Å². The monoisotopic (exact) mass is 826 g/mol. The first-order valence-corrected chi connectivity index (χ1v) is 19.6. The molecule has 0 aliphatic carbocycles. The molecule has 10 rings (SSSR count). The molecular formula is C40H40BClN14O4. The van der Waals surface area contributed by atoms with E-state index in [1.807, 2.05) is 31.2 Å². The first-order chi connectivity index (χ1) is 29.1. The highest BCUT2D eigenvalue weighted by molar-refractivity contribution is 6.58. The molecule has 0 radical (unpaired) electrons. The molecule has 0 aromatic carbocycles. The molecule has 10 heterocycles. The quantitative estimate of drug-likeness (QED) is 0.146. The van der Waals surface area contributed by atoms with Gasteiger partial charge in [0.05, 0.1) is 65.3 Å². The lowest BCUT2D eigenvalue weighted by Crippen LogP contribution is -2.48. The number of anilines is 6. The second-order valence-electron chi connectivity index (χ2n) is 14.4. The third-order valence-corrected chi connectivity index (χ3v) is 10.6. The summed E-state index contributed by atoms with van der Waals surface area (Å²) in [6, 6.07) is 18.1. The summed E-state index contributed by atoms with van der Waals surface area (Å²) >= 11 is 6.02. The van der Waals surface area contributed by atoms with Crippen LogP contribution in [0.1, 0.15) is 24.2 Å². The van der Waals surface area contributed by atoms with E-state index in [1.54, 1.807) is 65.6 Å². The Morgan fingerprint density at radius 1 is 0.683 bits per heavy atom. The van der Waals surface area contributed by atoms with Crippen LogP contribution in [0.4, 0.5) is 44.0 Å². The molecule has 2 fully saturated rings. The molecule has 6 aromatic rings. The molecule has 20 heteroatoms. The van der Waals surface area contributed by atoms with Crippen LogP contribution in [0.15, 0.2) is 97.8 Å². The zero-order chi connectivity index (χ0) is 41.8. The molecule has 4 N–H and O–H groups in total. The maximum absolute atomic E-state index is 13.1. The minimum atomic E-state index is -1.39. The molecule has 0 spiro atoms. The van der Waals surface area contributed by atoms with Gasteiger partial charge in [-0.25, -0.2) is 19.6 Å². The Hall–Kier alpha value is -6.83. The highest BCUT2D eigenvalue weighted by Crippen LogP contribution is 2.41. The Morgan fingerprint density at radius 3 is 1.75 bits per heavy atom. The second kappa shape index (κ2) is 17.6.